The van der Waals surface area contributed by atoms with Gasteiger partial charge in [-0.05, 0) is 42.7 Å². The van der Waals surface area contributed by atoms with E-state index in [-0.39, 0.29) is 5.57 Å². The molecule has 1 aliphatic rings. The van der Waals surface area contributed by atoms with Gasteiger partial charge < -0.3 is 14.8 Å². The number of aromatic nitrogens is 3. The van der Waals surface area contributed by atoms with Crippen molar-refractivity contribution < 1.29 is 19.1 Å². The largest absolute Gasteiger partial charge is 0.419 e. The maximum atomic E-state index is 12.1. The van der Waals surface area contributed by atoms with Gasteiger partial charge in [0.2, 0.25) is 0 Å². The first kappa shape index (κ1) is 21.8. The summed E-state index contributed by atoms with van der Waals surface area (Å²) in [5.74, 6) is -2.84. The quantitative estimate of drug-likeness (QED) is 0.331. The van der Waals surface area contributed by atoms with Crippen LogP contribution < -0.4 is 5.32 Å². The van der Waals surface area contributed by atoms with Crippen LogP contribution in [0.25, 0.3) is 16.7 Å². The molecular weight excluding hydrogens is 432 g/mol. The second-order valence-corrected chi connectivity index (χ2v) is 8.37. The van der Waals surface area contributed by atoms with Gasteiger partial charge >= 0.3 is 11.9 Å². The van der Waals surface area contributed by atoms with E-state index in [2.05, 4.69) is 34.6 Å². The van der Waals surface area contributed by atoms with Crippen LogP contribution in [0, 0.1) is 0 Å². The molecule has 0 unspecified atom stereocenters. The average Bonchev–Trinajstić information content (AvgIpc) is 3.13. The van der Waals surface area contributed by atoms with Crippen molar-refractivity contribution in [3.8, 4) is 5.69 Å². The molecule has 0 aliphatic carbocycles. The zero-order valence-electron chi connectivity index (χ0n) is 18.0. The molecule has 166 valence electrons. The van der Waals surface area contributed by atoms with E-state index < -0.39 is 17.7 Å². The van der Waals surface area contributed by atoms with Gasteiger partial charge in [0.1, 0.15) is 11.0 Å². The highest BCUT2D eigenvalue weighted by atomic mass is 35.5. The van der Waals surface area contributed by atoms with E-state index in [1.54, 1.807) is 16.9 Å². The van der Waals surface area contributed by atoms with Crippen molar-refractivity contribution >= 4 is 40.3 Å². The summed E-state index contributed by atoms with van der Waals surface area (Å²) in [4.78, 5) is 25.7. The van der Waals surface area contributed by atoms with Crippen LogP contribution in [0.3, 0.4) is 0 Å². The Kier molecular flexibility index (Phi) is 5.88. The second kappa shape index (κ2) is 8.63. The third kappa shape index (κ3) is 4.60. The number of unbranched alkanes of at least 4 members (excludes halogenated alkanes) is 1. The summed E-state index contributed by atoms with van der Waals surface area (Å²) >= 11 is 6.36. The third-order valence-corrected chi connectivity index (χ3v) is 5.26. The molecule has 0 saturated carbocycles. The van der Waals surface area contributed by atoms with Gasteiger partial charge in [0.05, 0.1) is 16.4 Å². The molecule has 1 fully saturated rings. The summed E-state index contributed by atoms with van der Waals surface area (Å²) in [7, 11) is 0. The van der Waals surface area contributed by atoms with Crippen LogP contribution in [0.4, 0.5) is 5.69 Å². The van der Waals surface area contributed by atoms with Crippen molar-refractivity contribution in [1.29, 1.82) is 0 Å². The van der Waals surface area contributed by atoms with Crippen LogP contribution in [0.5, 0.6) is 0 Å². The number of esters is 2. The van der Waals surface area contributed by atoms with Gasteiger partial charge in [0, 0.05) is 20.0 Å². The summed E-state index contributed by atoms with van der Waals surface area (Å²) in [6.45, 7) is 5.14. The molecule has 1 aromatic heterocycles. The normalized spacial score (nSPS) is 15.4. The lowest BCUT2D eigenvalue weighted by Crippen LogP contribution is -2.42. The van der Waals surface area contributed by atoms with Crippen LogP contribution in [-0.4, -0.2) is 32.7 Å². The smallest absolute Gasteiger partial charge is 0.350 e. The Morgan fingerprint density at radius 3 is 2.31 bits per heavy atom. The fraction of sp³-hybridized carbons (Fsp3) is 0.304. The van der Waals surface area contributed by atoms with Crippen LogP contribution in [-0.2, 0) is 25.5 Å². The van der Waals surface area contributed by atoms with Gasteiger partial charge in [-0.2, -0.15) is 4.80 Å². The number of cyclic esters (lactones) is 2. The molecule has 2 heterocycles. The Balaban J connectivity index is 1.56. The summed E-state index contributed by atoms with van der Waals surface area (Å²) in [6, 6.07) is 11.5. The molecular formula is C23H23ClN4O4. The zero-order valence-corrected chi connectivity index (χ0v) is 18.8. The maximum Gasteiger partial charge on any atom is 0.350 e. The summed E-state index contributed by atoms with van der Waals surface area (Å²) in [6.07, 6.45) is 4.57. The minimum Gasteiger partial charge on any atom is -0.419 e. The van der Waals surface area contributed by atoms with Crippen molar-refractivity contribution in [3.05, 3.63) is 58.8 Å². The van der Waals surface area contributed by atoms with Gasteiger partial charge in [0.25, 0.3) is 5.79 Å². The molecule has 1 saturated heterocycles. The fourth-order valence-corrected chi connectivity index (χ4v) is 3.48. The highest BCUT2D eigenvalue weighted by molar-refractivity contribution is 6.34. The van der Waals surface area contributed by atoms with E-state index in [0.717, 1.165) is 24.9 Å². The maximum absolute atomic E-state index is 12.1. The standard InChI is InChI=1S/C23H23ClN4O4/c1-4-5-6-14-7-9-15(10-8-14)28-26-19-11-17(24)18(12-20(19)27-28)25-13-16-21(29)31-23(2,3)32-22(16)30/h7-13,25H,4-6H2,1-3H3. The van der Waals surface area contributed by atoms with E-state index >= 15 is 0 Å². The zero-order chi connectivity index (χ0) is 22.9. The predicted molar refractivity (Wildman–Crippen MR) is 120 cm³/mol. The Bertz CT molecular complexity index is 1190. The van der Waals surface area contributed by atoms with Crippen molar-refractivity contribution in [2.45, 2.75) is 45.8 Å². The molecule has 32 heavy (non-hydrogen) atoms. The molecule has 0 bridgehead atoms. The van der Waals surface area contributed by atoms with Crippen LogP contribution in [0.15, 0.2) is 48.2 Å². The molecule has 0 radical (unpaired) electrons. The van der Waals surface area contributed by atoms with E-state index in [9.17, 15) is 9.59 Å². The van der Waals surface area contributed by atoms with Crippen LogP contribution in [0.2, 0.25) is 5.02 Å². The van der Waals surface area contributed by atoms with E-state index in [1.807, 2.05) is 12.1 Å². The van der Waals surface area contributed by atoms with Crippen molar-refractivity contribution in [2.24, 2.45) is 0 Å². The number of ether oxygens (including phenoxy) is 2. The summed E-state index contributed by atoms with van der Waals surface area (Å²) in [5, 5.41) is 12.2. The number of rotatable bonds is 6. The lowest BCUT2D eigenvalue weighted by Gasteiger charge is -2.29. The predicted octanol–water partition coefficient (Wildman–Crippen LogP) is 4.55. The molecule has 8 nitrogen and oxygen atoms in total. The second-order valence-electron chi connectivity index (χ2n) is 7.96. The lowest BCUT2D eigenvalue weighted by molar-refractivity contribution is -0.222. The summed E-state index contributed by atoms with van der Waals surface area (Å²) < 4.78 is 10.2. The van der Waals surface area contributed by atoms with Gasteiger partial charge in [-0.25, -0.2) is 9.59 Å². The van der Waals surface area contributed by atoms with Crippen LogP contribution in [0.1, 0.15) is 39.2 Å². The molecule has 0 atom stereocenters. The number of aryl methyl sites for hydroxylation is 1. The number of benzene rings is 2. The number of hydrogen-bond acceptors (Lipinski definition) is 7. The van der Waals surface area contributed by atoms with Gasteiger partial charge in [-0.15, -0.1) is 10.2 Å². The SMILES string of the molecule is CCCCc1ccc(-n2nc3cc(Cl)c(NC=C4C(=O)OC(C)(C)OC4=O)cc3n2)cc1. The monoisotopic (exact) mass is 454 g/mol. The number of carbonyl (C=O) groups is 2. The molecule has 1 aliphatic heterocycles. The molecule has 4 rings (SSSR count). The Morgan fingerprint density at radius 2 is 1.69 bits per heavy atom. The van der Waals surface area contributed by atoms with Crippen LogP contribution >= 0.6 is 11.6 Å². The van der Waals surface area contributed by atoms with Gasteiger partial charge in [0.15, 0.2) is 5.57 Å². The third-order valence-electron chi connectivity index (χ3n) is 4.94. The fourth-order valence-electron chi connectivity index (χ4n) is 3.27. The van der Waals surface area contributed by atoms with E-state index in [1.165, 1.54) is 25.6 Å². The Hall–Kier alpha value is -3.39. The first-order chi connectivity index (χ1) is 15.3. The van der Waals surface area contributed by atoms with E-state index in [0.29, 0.717) is 21.7 Å². The topological polar surface area (TPSA) is 95.3 Å². The van der Waals surface area contributed by atoms with Gasteiger partial charge in [-0.3, -0.25) is 0 Å². The molecule has 1 N–H and O–H groups in total. The summed E-state index contributed by atoms with van der Waals surface area (Å²) in [5.41, 5.74) is 3.52. The van der Waals surface area contributed by atoms with Crippen molar-refractivity contribution in [1.82, 2.24) is 15.0 Å². The Morgan fingerprint density at radius 1 is 1.06 bits per heavy atom. The number of nitrogens with zero attached hydrogens (tertiary/aromatic N) is 3. The molecule has 0 amide bonds. The molecule has 0 spiro atoms. The first-order valence-electron chi connectivity index (χ1n) is 10.3. The number of fused-ring (bicyclic) bond motifs is 1. The van der Waals surface area contributed by atoms with Crippen molar-refractivity contribution in [2.75, 3.05) is 5.32 Å². The highest BCUT2D eigenvalue weighted by Crippen LogP contribution is 2.28. The minimum absolute atomic E-state index is 0.257. The number of halogens is 1. The number of hydrogen-bond donors (Lipinski definition) is 1. The lowest BCUT2D eigenvalue weighted by atomic mass is 10.1. The Labute approximate surface area is 190 Å². The number of anilines is 1. The number of carbonyl (C=O) groups excluding carboxylic acids is 2. The minimum atomic E-state index is -1.30. The molecule has 9 heteroatoms. The average molecular weight is 455 g/mol. The molecule has 3 aromatic rings. The molecule has 2 aromatic carbocycles. The first-order valence-corrected chi connectivity index (χ1v) is 10.7. The van der Waals surface area contributed by atoms with E-state index in [4.69, 9.17) is 21.1 Å². The highest BCUT2D eigenvalue weighted by Gasteiger charge is 2.39. The van der Waals surface area contributed by atoms with Gasteiger partial charge in [-0.1, -0.05) is 37.1 Å². The number of nitrogens with one attached hydrogen (secondary N) is 1. The van der Waals surface area contributed by atoms with Crippen molar-refractivity contribution in [3.63, 3.8) is 0 Å².